The Hall–Kier alpha value is -2.92. The molecular weight excluding hydrogens is 338 g/mol. The van der Waals surface area contributed by atoms with E-state index in [4.69, 9.17) is 0 Å². The molecule has 2 aliphatic heterocycles. The summed E-state index contributed by atoms with van der Waals surface area (Å²) in [5.74, 6) is -0.531. The quantitative estimate of drug-likeness (QED) is 0.609. The summed E-state index contributed by atoms with van der Waals surface area (Å²) < 4.78 is 0. The van der Waals surface area contributed by atoms with Gasteiger partial charge in [-0.3, -0.25) is 9.59 Å². The fourth-order valence-corrected chi connectivity index (χ4v) is 3.54. The van der Waals surface area contributed by atoms with Crippen LogP contribution in [-0.4, -0.2) is 54.8 Å². The zero-order valence-corrected chi connectivity index (χ0v) is 15.7. The second-order valence-corrected chi connectivity index (χ2v) is 7.21. The molecule has 27 heavy (non-hydrogen) atoms. The monoisotopic (exact) mass is 361 g/mol. The summed E-state index contributed by atoms with van der Waals surface area (Å²) in [6.07, 6.45) is 1.93. The first-order valence-electron chi connectivity index (χ1n) is 9.24. The Balaban J connectivity index is 1.78. The van der Waals surface area contributed by atoms with Crippen LogP contribution in [0.5, 0.6) is 0 Å². The van der Waals surface area contributed by atoms with Gasteiger partial charge in [0.1, 0.15) is 0 Å². The summed E-state index contributed by atoms with van der Waals surface area (Å²) in [6, 6.07) is 14.9. The summed E-state index contributed by atoms with van der Waals surface area (Å²) in [6.45, 7) is 5.64. The van der Waals surface area contributed by atoms with Crippen molar-refractivity contribution in [3.63, 3.8) is 0 Å². The number of rotatable bonds is 2. The van der Waals surface area contributed by atoms with Crippen molar-refractivity contribution in [3.05, 3.63) is 71.4 Å². The second-order valence-electron chi connectivity index (χ2n) is 7.21. The first kappa shape index (κ1) is 17.5. The van der Waals surface area contributed by atoms with Crippen LogP contribution in [0.25, 0.3) is 5.57 Å². The van der Waals surface area contributed by atoms with Crippen LogP contribution in [0.4, 0.5) is 5.69 Å². The maximum atomic E-state index is 13.3. The molecule has 2 amide bonds. The number of carbonyl (C=O) groups excluding carboxylic acids is 2. The van der Waals surface area contributed by atoms with E-state index in [1.807, 2.05) is 55.6 Å². The number of amides is 2. The van der Waals surface area contributed by atoms with E-state index in [0.717, 1.165) is 37.3 Å². The van der Waals surface area contributed by atoms with Crippen molar-refractivity contribution in [2.75, 3.05) is 38.1 Å². The van der Waals surface area contributed by atoms with E-state index in [-0.39, 0.29) is 11.8 Å². The van der Waals surface area contributed by atoms with Gasteiger partial charge in [-0.05, 0) is 32.2 Å². The van der Waals surface area contributed by atoms with Crippen LogP contribution in [0.3, 0.4) is 0 Å². The lowest BCUT2D eigenvalue weighted by Gasteiger charge is -2.34. The minimum absolute atomic E-state index is 0.263. The number of imide groups is 1. The molecule has 0 atom stereocenters. The molecule has 5 nitrogen and oxygen atoms in total. The van der Waals surface area contributed by atoms with Gasteiger partial charge >= 0.3 is 0 Å². The third-order valence-electron chi connectivity index (χ3n) is 5.23. The van der Waals surface area contributed by atoms with Gasteiger partial charge in [0.25, 0.3) is 11.8 Å². The Morgan fingerprint density at radius 3 is 2.11 bits per heavy atom. The van der Waals surface area contributed by atoms with E-state index in [0.29, 0.717) is 16.8 Å². The number of nitrogens with zero attached hydrogens (tertiary/aromatic N) is 3. The number of anilines is 1. The van der Waals surface area contributed by atoms with Crippen LogP contribution in [0.15, 0.2) is 54.7 Å². The van der Waals surface area contributed by atoms with Crippen molar-refractivity contribution < 1.29 is 9.59 Å². The number of aryl methyl sites for hydroxylation is 1. The van der Waals surface area contributed by atoms with Gasteiger partial charge in [0, 0.05) is 43.5 Å². The molecule has 2 aliphatic rings. The van der Waals surface area contributed by atoms with E-state index in [1.165, 1.54) is 4.90 Å². The van der Waals surface area contributed by atoms with E-state index >= 15 is 0 Å². The molecule has 2 aromatic carbocycles. The molecule has 138 valence electrons. The minimum atomic E-state index is -0.269. The number of piperazine rings is 1. The van der Waals surface area contributed by atoms with Crippen molar-refractivity contribution in [3.8, 4) is 0 Å². The Morgan fingerprint density at radius 1 is 0.815 bits per heavy atom. The zero-order valence-electron chi connectivity index (χ0n) is 15.7. The van der Waals surface area contributed by atoms with Crippen LogP contribution >= 0.6 is 0 Å². The third-order valence-corrected chi connectivity index (χ3v) is 5.23. The molecule has 0 radical (unpaired) electrons. The highest BCUT2D eigenvalue weighted by Gasteiger charge is 2.36. The fraction of sp³-hybridized carbons (Fsp3) is 0.273. The maximum Gasteiger partial charge on any atom is 0.267 e. The lowest BCUT2D eigenvalue weighted by atomic mass is 9.93. The van der Waals surface area contributed by atoms with Crippen molar-refractivity contribution in [2.45, 2.75) is 6.92 Å². The molecule has 1 saturated heterocycles. The molecule has 2 heterocycles. The van der Waals surface area contributed by atoms with Crippen LogP contribution < -0.4 is 4.90 Å². The number of carbonyl (C=O) groups is 2. The molecule has 0 N–H and O–H groups in total. The summed E-state index contributed by atoms with van der Waals surface area (Å²) in [5, 5.41) is 0. The lowest BCUT2D eigenvalue weighted by Crippen LogP contribution is -2.44. The molecule has 4 rings (SSSR count). The third kappa shape index (κ3) is 3.26. The number of likely N-dealkylation sites (N-methyl/N-ethyl adjacent to an activating group) is 1. The number of benzene rings is 2. The molecule has 0 aromatic heterocycles. The van der Waals surface area contributed by atoms with E-state index < -0.39 is 0 Å². The number of hydrogen-bond donors (Lipinski definition) is 0. The van der Waals surface area contributed by atoms with Crippen LogP contribution in [0.1, 0.15) is 21.5 Å². The molecule has 0 saturated carbocycles. The second kappa shape index (κ2) is 7.00. The van der Waals surface area contributed by atoms with E-state index in [9.17, 15) is 9.59 Å². The van der Waals surface area contributed by atoms with Crippen molar-refractivity contribution in [1.82, 2.24) is 9.80 Å². The van der Waals surface area contributed by atoms with Gasteiger partial charge in [-0.25, -0.2) is 4.90 Å². The molecular formula is C22H23N3O2. The Labute approximate surface area is 159 Å². The Morgan fingerprint density at radius 2 is 1.44 bits per heavy atom. The van der Waals surface area contributed by atoms with Gasteiger partial charge in [0.05, 0.1) is 11.3 Å². The molecule has 0 spiro atoms. The normalized spacial score (nSPS) is 19.6. The van der Waals surface area contributed by atoms with Gasteiger partial charge in [0.2, 0.25) is 0 Å². The molecule has 5 heteroatoms. The summed E-state index contributed by atoms with van der Waals surface area (Å²) in [5.41, 5.74) is 3.56. The highest BCUT2D eigenvalue weighted by atomic mass is 16.2. The highest BCUT2D eigenvalue weighted by molar-refractivity contribution is 6.41. The molecule has 0 aliphatic carbocycles. The predicted octanol–water partition coefficient (Wildman–Crippen LogP) is 2.77. The molecule has 0 bridgehead atoms. The van der Waals surface area contributed by atoms with Gasteiger partial charge in [-0.2, -0.15) is 0 Å². The van der Waals surface area contributed by atoms with E-state index in [1.54, 1.807) is 6.07 Å². The average molecular weight is 361 g/mol. The highest BCUT2D eigenvalue weighted by Crippen LogP contribution is 2.32. The number of fused-ring (bicyclic) bond motifs is 1. The predicted molar refractivity (Wildman–Crippen MR) is 106 cm³/mol. The van der Waals surface area contributed by atoms with Crippen molar-refractivity contribution in [1.29, 1.82) is 0 Å². The van der Waals surface area contributed by atoms with E-state index in [2.05, 4.69) is 16.8 Å². The topological polar surface area (TPSA) is 43.9 Å². The average Bonchev–Trinajstić information content (AvgIpc) is 2.68. The van der Waals surface area contributed by atoms with Crippen LogP contribution in [-0.2, 0) is 4.79 Å². The standard InChI is InChI=1S/C22H23N3O2/c1-16-7-9-17(10-8-16)25-21(26)19-6-4-3-5-18(19)20(22(25)27)15-24-13-11-23(2)12-14-24/h3-10,15H,11-14H2,1-2H3. The summed E-state index contributed by atoms with van der Waals surface area (Å²) in [4.78, 5) is 32.1. The van der Waals surface area contributed by atoms with Gasteiger partial charge in [-0.1, -0.05) is 35.9 Å². The Kier molecular flexibility index (Phi) is 4.54. The van der Waals surface area contributed by atoms with Gasteiger partial charge in [0.15, 0.2) is 0 Å². The van der Waals surface area contributed by atoms with Crippen LogP contribution in [0.2, 0.25) is 0 Å². The smallest absolute Gasteiger partial charge is 0.267 e. The number of hydrogen-bond acceptors (Lipinski definition) is 4. The minimum Gasteiger partial charge on any atom is -0.374 e. The zero-order chi connectivity index (χ0) is 19.0. The fourth-order valence-electron chi connectivity index (χ4n) is 3.54. The van der Waals surface area contributed by atoms with Crippen molar-refractivity contribution in [2.24, 2.45) is 0 Å². The molecule has 1 fully saturated rings. The van der Waals surface area contributed by atoms with Crippen molar-refractivity contribution >= 4 is 23.1 Å². The summed E-state index contributed by atoms with van der Waals surface area (Å²) >= 11 is 0. The summed E-state index contributed by atoms with van der Waals surface area (Å²) in [7, 11) is 2.10. The molecule has 2 aromatic rings. The lowest BCUT2D eigenvalue weighted by molar-refractivity contribution is -0.112. The Bertz CT molecular complexity index is 909. The van der Waals surface area contributed by atoms with Gasteiger partial charge in [-0.15, -0.1) is 0 Å². The SMILES string of the molecule is Cc1ccc(N2C(=O)C(=CN3CCN(C)CC3)c3ccccc3C2=O)cc1. The van der Waals surface area contributed by atoms with Crippen LogP contribution in [0, 0.1) is 6.92 Å². The first-order valence-corrected chi connectivity index (χ1v) is 9.24. The maximum absolute atomic E-state index is 13.3. The van der Waals surface area contributed by atoms with Gasteiger partial charge < -0.3 is 9.80 Å². The largest absolute Gasteiger partial charge is 0.374 e. The first-order chi connectivity index (χ1) is 13.0. The molecule has 0 unspecified atom stereocenters.